The van der Waals surface area contributed by atoms with Gasteiger partial charge in [-0.2, -0.15) is 23.5 Å². The summed E-state index contributed by atoms with van der Waals surface area (Å²) in [6.07, 6.45) is 3.27. The highest BCUT2D eigenvalue weighted by atomic mass is 35.5. The standard InChI is InChI=1S/C17H29N3O2S2.ClH/c1-19(13-3-7-23-10-13)15(21)9-17(5-6-18-12-17)16(22)20(2)14-4-8-24-11-14;/h13-14,18H,3-12H2,1-2H3;1H. The number of hydrogen-bond donors (Lipinski definition) is 1. The molecule has 0 aromatic rings. The van der Waals surface area contributed by atoms with Gasteiger partial charge in [0.25, 0.3) is 0 Å². The van der Waals surface area contributed by atoms with Crippen molar-refractivity contribution in [3.63, 3.8) is 0 Å². The van der Waals surface area contributed by atoms with Crippen LogP contribution in [0.25, 0.3) is 0 Å². The third-order valence-corrected chi connectivity index (χ3v) is 8.10. The molecule has 3 atom stereocenters. The van der Waals surface area contributed by atoms with E-state index in [4.69, 9.17) is 0 Å². The number of nitrogens with zero attached hydrogens (tertiary/aromatic N) is 2. The zero-order valence-electron chi connectivity index (χ0n) is 15.2. The van der Waals surface area contributed by atoms with Crippen molar-refractivity contribution >= 4 is 47.7 Å². The summed E-state index contributed by atoms with van der Waals surface area (Å²) in [6, 6.07) is 0.673. The summed E-state index contributed by atoms with van der Waals surface area (Å²) >= 11 is 3.83. The molecular weight excluding hydrogens is 378 g/mol. The SMILES string of the molecule is CN(C(=O)CC1(C(=O)N(C)C2CCSC2)CCNC1)C1CCSC1.Cl. The number of rotatable bonds is 5. The lowest BCUT2D eigenvalue weighted by Crippen LogP contribution is -2.50. The van der Waals surface area contributed by atoms with Crippen LogP contribution in [-0.2, 0) is 9.59 Å². The van der Waals surface area contributed by atoms with Crippen LogP contribution in [0.3, 0.4) is 0 Å². The molecule has 3 aliphatic rings. The van der Waals surface area contributed by atoms with Crippen molar-refractivity contribution < 1.29 is 9.59 Å². The van der Waals surface area contributed by atoms with E-state index in [2.05, 4.69) is 5.32 Å². The van der Waals surface area contributed by atoms with Crippen LogP contribution in [0.15, 0.2) is 0 Å². The van der Waals surface area contributed by atoms with Crippen LogP contribution in [0.5, 0.6) is 0 Å². The van der Waals surface area contributed by atoms with Gasteiger partial charge in [-0.1, -0.05) is 0 Å². The predicted octanol–water partition coefficient (Wildman–Crippen LogP) is 1.71. The molecule has 8 heteroatoms. The molecule has 3 aliphatic heterocycles. The van der Waals surface area contributed by atoms with Gasteiger partial charge in [0.05, 0.1) is 5.41 Å². The van der Waals surface area contributed by atoms with Gasteiger partial charge in [-0.25, -0.2) is 0 Å². The molecule has 1 N–H and O–H groups in total. The first-order valence-corrected chi connectivity index (χ1v) is 11.2. The number of carbonyl (C=O) groups excluding carboxylic acids is 2. The van der Waals surface area contributed by atoms with Crippen molar-refractivity contribution in [2.75, 3.05) is 50.2 Å². The molecule has 3 unspecified atom stereocenters. The normalized spacial score (nSPS) is 31.6. The number of carbonyl (C=O) groups is 2. The summed E-state index contributed by atoms with van der Waals surface area (Å²) in [5, 5.41) is 3.33. The molecule has 0 bridgehead atoms. The van der Waals surface area contributed by atoms with Crippen molar-refractivity contribution in [1.82, 2.24) is 15.1 Å². The van der Waals surface area contributed by atoms with Gasteiger partial charge >= 0.3 is 0 Å². The molecule has 0 radical (unpaired) electrons. The lowest BCUT2D eigenvalue weighted by Gasteiger charge is -2.36. The lowest BCUT2D eigenvalue weighted by atomic mass is 9.81. The predicted molar refractivity (Wildman–Crippen MR) is 109 cm³/mol. The van der Waals surface area contributed by atoms with E-state index >= 15 is 0 Å². The summed E-state index contributed by atoms with van der Waals surface area (Å²) in [6.45, 7) is 1.46. The smallest absolute Gasteiger partial charge is 0.230 e. The largest absolute Gasteiger partial charge is 0.342 e. The average molecular weight is 408 g/mol. The zero-order chi connectivity index (χ0) is 17.2. The Hall–Kier alpha value is -0.110. The van der Waals surface area contributed by atoms with Crippen molar-refractivity contribution in [3.05, 3.63) is 0 Å². The molecule has 5 nitrogen and oxygen atoms in total. The summed E-state index contributed by atoms with van der Waals surface area (Å²) in [5.41, 5.74) is -0.543. The van der Waals surface area contributed by atoms with Crippen molar-refractivity contribution in [2.45, 2.75) is 37.8 Å². The maximum absolute atomic E-state index is 13.2. The molecule has 3 rings (SSSR count). The fourth-order valence-corrected chi connectivity index (χ4v) is 6.50. The van der Waals surface area contributed by atoms with Gasteiger partial charge in [-0.05, 0) is 37.3 Å². The Morgan fingerprint density at radius 3 is 2.16 bits per heavy atom. The minimum absolute atomic E-state index is 0. The second-order valence-corrected chi connectivity index (χ2v) is 9.64. The van der Waals surface area contributed by atoms with Gasteiger partial charge in [0, 0.05) is 50.7 Å². The van der Waals surface area contributed by atoms with Crippen LogP contribution < -0.4 is 5.32 Å². The minimum atomic E-state index is -0.543. The quantitative estimate of drug-likeness (QED) is 0.751. The van der Waals surface area contributed by atoms with Crippen LogP contribution in [-0.4, -0.2) is 83.9 Å². The lowest BCUT2D eigenvalue weighted by molar-refractivity contribution is -0.147. The molecular formula is C17H30ClN3O2S2. The number of nitrogens with one attached hydrogen (secondary N) is 1. The average Bonchev–Trinajstić information content (AvgIpc) is 3.34. The van der Waals surface area contributed by atoms with Crippen LogP contribution in [0.2, 0.25) is 0 Å². The number of thioether (sulfide) groups is 2. The van der Waals surface area contributed by atoms with Crippen LogP contribution in [0.1, 0.15) is 25.7 Å². The summed E-state index contributed by atoms with van der Waals surface area (Å²) in [7, 11) is 3.84. The first kappa shape index (κ1) is 21.2. The molecule has 0 saturated carbocycles. The summed E-state index contributed by atoms with van der Waals surface area (Å²) < 4.78 is 0. The highest BCUT2D eigenvalue weighted by Gasteiger charge is 2.46. The van der Waals surface area contributed by atoms with Gasteiger partial charge < -0.3 is 15.1 Å². The Labute approximate surface area is 165 Å². The number of amides is 2. The zero-order valence-corrected chi connectivity index (χ0v) is 17.6. The van der Waals surface area contributed by atoms with E-state index < -0.39 is 5.41 Å². The van der Waals surface area contributed by atoms with E-state index in [9.17, 15) is 9.59 Å². The van der Waals surface area contributed by atoms with Crippen molar-refractivity contribution in [3.8, 4) is 0 Å². The Morgan fingerprint density at radius 1 is 1.08 bits per heavy atom. The third-order valence-electron chi connectivity index (χ3n) is 5.81. The maximum Gasteiger partial charge on any atom is 0.230 e. The van der Waals surface area contributed by atoms with E-state index in [1.807, 2.05) is 47.4 Å². The Kier molecular flexibility index (Phi) is 7.80. The molecule has 0 spiro atoms. The van der Waals surface area contributed by atoms with E-state index in [-0.39, 0.29) is 24.2 Å². The van der Waals surface area contributed by atoms with Gasteiger partial charge in [0.2, 0.25) is 11.8 Å². The van der Waals surface area contributed by atoms with Crippen LogP contribution in [0, 0.1) is 5.41 Å². The molecule has 0 aromatic carbocycles. The fourth-order valence-electron chi connectivity index (χ4n) is 3.97. The Balaban J connectivity index is 0.00000225. The fraction of sp³-hybridized carbons (Fsp3) is 0.882. The topological polar surface area (TPSA) is 52.7 Å². The highest BCUT2D eigenvalue weighted by Crippen LogP contribution is 2.35. The summed E-state index contributed by atoms with van der Waals surface area (Å²) in [5.74, 6) is 4.63. The number of hydrogen-bond acceptors (Lipinski definition) is 5. The monoisotopic (exact) mass is 407 g/mol. The second kappa shape index (κ2) is 9.20. The molecule has 144 valence electrons. The van der Waals surface area contributed by atoms with E-state index in [0.717, 1.165) is 48.8 Å². The van der Waals surface area contributed by atoms with E-state index in [1.165, 1.54) is 0 Å². The molecule has 25 heavy (non-hydrogen) atoms. The first-order chi connectivity index (χ1) is 11.5. The maximum atomic E-state index is 13.2. The molecule has 3 heterocycles. The highest BCUT2D eigenvalue weighted by molar-refractivity contribution is 7.99. The van der Waals surface area contributed by atoms with Crippen molar-refractivity contribution in [2.24, 2.45) is 5.41 Å². The van der Waals surface area contributed by atoms with E-state index in [1.54, 1.807) is 0 Å². The van der Waals surface area contributed by atoms with E-state index in [0.29, 0.717) is 25.0 Å². The Bertz CT molecular complexity index is 477. The van der Waals surface area contributed by atoms with Gasteiger partial charge in [0.1, 0.15) is 0 Å². The number of halogens is 1. The summed E-state index contributed by atoms with van der Waals surface area (Å²) in [4.78, 5) is 29.9. The van der Waals surface area contributed by atoms with Crippen LogP contribution in [0.4, 0.5) is 0 Å². The molecule has 3 saturated heterocycles. The first-order valence-electron chi connectivity index (χ1n) is 8.93. The minimum Gasteiger partial charge on any atom is -0.342 e. The Morgan fingerprint density at radius 2 is 1.68 bits per heavy atom. The van der Waals surface area contributed by atoms with Gasteiger partial charge in [-0.15, -0.1) is 12.4 Å². The van der Waals surface area contributed by atoms with Gasteiger partial charge in [0.15, 0.2) is 0 Å². The molecule has 3 fully saturated rings. The third kappa shape index (κ3) is 4.60. The second-order valence-electron chi connectivity index (χ2n) is 7.34. The van der Waals surface area contributed by atoms with Crippen molar-refractivity contribution in [1.29, 1.82) is 0 Å². The molecule has 2 amide bonds. The molecule has 0 aliphatic carbocycles. The molecule has 0 aromatic heterocycles. The van der Waals surface area contributed by atoms with Crippen LogP contribution >= 0.6 is 35.9 Å². The van der Waals surface area contributed by atoms with Gasteiger partial charge in [-0.3, -0.25) is 9.59 Å².